The molecule has 0 radical (unpaired) electrons. The molecular weight excluding hydrogens is 262 g/mol. The molecule has 1 unspecified atom stereocenters. The molecule has 1 aromatic rings. The Morgan fingerprint density at radius 2 is 2.14 bits per heavy atom. The van der Waals surface area contributed by atoms with Crippen molar-refractivity contribution in [2.75, 3.05) is 26.2 Å². The average molecular weight is 293 g/mol. The van der Waals surface area contributed by atoms with Crippen LogP contribution in [0, 0.1) is 5.92 Å². The molecule has 1 aliphatic heterocycles. The average Bonchev–Trinajstić information content (AvgIpc) is 2.86. The van der Waals surface area contributed by atoms with Crippen LogP contribution in [-0.4, -0.2) is 47.9 Å². The van der Waals surface area contributed by atoms with Gasteiger partial charge in [0.2, 0.25) is 0 Å². The first-order chi connectivity index (χ1) is 10.1. The minimum Gasteiger partial charge on any atom is -0.374 e. The number of ether oxygens (including phenoxy) is 1. The number of aromatic nitrogens is 1. The van der Waals surface area contributed by atoms with Crippen molar-refractivity contribution in [3.05, 3.63) is 24.0 Å². The summed E-state index contributed by atoms with van der Waals surface area (Å²) in [7, 11) is 0. The molecule has 0 spiro atoms. The van der Waals surface area contributed by atoms with Crippen LogP contribution in [0.1, 0.15) is 33.4 Å². The topological polar surface area (TPSA) is 29.4 Å². The van der Waals surface area contributed by atoms with Crippen LogP contribution < -0.4 is 5.32 Å². The standard InChI is InChI=1S/C17H31N3O/c1-14(2)10-18-11-16-6-5-7-20(16)13-17-12-19(15(3)4)8-9-21-17/h5-7,14-15,17-18H,8-13H2,1-4H3. The van der Waals surface area contributed by atoms with Crippen LogP contribution >= 0.6 is 0 Å². The third-order valence-electron chi connectivity index (χ3n) is 4.08. The highest BCUT2D eigenvalue weighted by Gasteiger charge is 2.22. The maximum Gasteiger partial charge on any atom is 0.0881 e. The molecule has 1 aromatic heterocycles. The molecule has 2 heterocycles. The van der Waals surface area contributed by atoms with E-state index in [9.17, 15) is 0 Å². The van der Waals surface area contributed by atoms with E-state index < -0.39 is 0 Å². The molecule has 0 amide bonds. The lowest BCUT2D eigenvalue weighted by Gasteiger charge is -2.35. The highest BCUT2D eigenvalue weighted by atomic mass is 16.5. The largest absolute Gasteiger partial charge is 0.374 e. The number of hydrogen-bond acceptors (Lipinski definition) is 3. The fraction of sp³-hybridized carbons (Fsp3) is 0.765. The first kappa shape index (κ1) is 16.5. The zero-order chi connectivity index (χ0) is 15.2. The van der Waals surface area contributed by atoms with Gasteiger partial charge in [0.15, 0.2) is 0 Å². The summed E-state index contributed by atoms with van der Waals surface area (Å²) in [5.41, 5.74) is 1.35. The van der Waals surface area contributed by atoms with Crippen LogP contribution in [0.4, 0.5) is 0 Å². The van der Waals surface area contributed by atoms with E-state index in [1.807, 2.05) is 0 Å². The van der Waals surface area contributed by atoms with Gasteiger partial charge < -0.3 is 14.6 Å². The fourth-order valence-electron chi connectivity index (χ4n) is 2.82. The monoisotopic (exact) mass is 293 g/mol. The smallest absolute Gasteiger partial charge is 0.0881 e. The molecule has 0 aliphatic carbocycles. The Kier molecular flexibility index (Phi) is 6.27. The molecule has 120 valence electrons. The van der Waals surface area contributed by atoms with E-state index in [2.05, 4.69) is 60.8 Å². The van der Waals surface area contributed by atoms with E-state index in [0.717, 1.165) is 39.3 Å². The molecule has 0 bridgehead atoms. The third kappa shape index (κ3) is 5.13. The maximum atomic E-state index is 5.95. The third-order valence-corrected chi connectivity index (χ3v) is 4.08. The summed E-state index contributed by atoms with van der Waals surface area (Å²) >= 11 is 0. The van der Waals surface area contributed by atoms with Gasteiger partial charge in [0.1, 0.15) is 0 Å². The van der Waals surface area contributed by atoms with Gasteiger partial charge >= 0.3 is 0 Å². The fourth-order valence-corrected chi connectivity index (χ4v) is 2.82. The van der Waals surface area contributed by atoms with Gasteiger partial charge in [0, 0.05) is 44.1 Å². The van der Waals surface area contributed by atoms with Crippen LogP contribution in [0.25, 0.3) is 0 Å². The summed E-state index contributed by atoms with van der Waals surface area (Å²) in [5.74, 6) is 0.690. The lowest BCUT2D eigenvalue weighted by molar-refractivity contribution is -0.0458. The Bertz CT molecular complexity index is 414. The molecule has 4 nitrogen and oxygen atoms in total. The van der Waals surface area contributed by atoms with Crippen molar-refractivity contribution >= 4 is 0 Å². The van der Waals surface area contributed by atoms with Gasteiger partial charge in [0.05, 0.1) is 12.7 Å². The summed E-state index contributed by atoms with van der Waals surface area (Å²) in [6.07, 6.45) is 2.47. The Hall–Kier alpha value is -0.840. The van der Waals surface area contributed by atoms with Crippen molar-refractivity contribution in [1.82, 2.24) is 14.8 Å². The second kappa shape index (κ2) is 7.97. The molecule has 0 saturated carbocycles. The summed E-state index contributed by atoms with van der Waals surface area (Å²) in [5, 5.41) is 3.52. The maximum absolute atomic E-state index is 5.95. The lowest BCUT2D eigenvalue weighted by atomic mass is 10.2. The first-order valence-electron chi connectivity index (χ1n) is 8.26. The van der Waals surface area contributed by atoms with Crippen LogP contribution in [0.5, 0.6) is 0 Å². The van der Waals surface area contributed by atoms with Crippen molar-refractivity contribution in [3.63, 3.8) is 0 Å². The van der Waals surface area contributed by atoms with Gasteiger partial charge in [-0.25, -0.2) is 0 Å². The van der Waals surface area contributed by atoms with Gasteiger partial charge in [-0.3, -0.25) is 4.90 Å². The molecule has 1 fully saturated rings. The summed E-state index contributed by atoms with van der Waals surface area (Å²) in [4.78, 5) is 2.51. The van der Waals surface area contributed by atoms with Gasteiger partial charge in [-0.05, 0) is 38.4 Å². The van der Waals surface area contributed by atoms with Crippen molar-refractivity contribution in [3.8, 4) is 0 Å². The van der Waals surface area contributed by atoms with Gasteiger partial charge in [-0.15, -0.1) is 0 Å². The molecule has 1 N–H and O–H groups in total. The second-order valence-electron chi connectivity index (χ2n) is 6.76. The predicted molar refractivity (Wildman–Crippen MR) is 87.4 cm³/mol. The van der Waals surface area contributed by atoms with Crippen LogP contribution in [0.3, 0.4) is 0 Å². The molecular formula is C17H31N3O. The van der Waals surface area contributed by atoms with Gasteiger partial charge in [-0.2, -0.15) is 0 Å². The Morgan fingerprint density at radius 1 is 1.33 bits per heavy atom. The SMILES string of the molecule is CC(C)CNCc1cccn1CC1CN(C(C)C)CCO1. The Morgan fingerprint density at radius 3 is 2.86 bits per heavy atom. The van der Waals surface area contributed by atoms with Crippen LogP contribution in [0.2, 0.25) is 0 Å². The normalized spacial score (nSPS) is 20.6. The Labute approximate surface area is 129 Å². The molecule has 2 rings (SSSR count). The van der Waals surface area contributed by atoms with Crippen molar-refractivity contribution < 1.29 is 4.74 Å². The van der Waals surface area contributed by atoms with Gasteiger partial charge in [0.25, 0.3) is 0 Å². The first-order valence-corrected chi connectivity index (χ1v) is 8.26. The Balaban J connectivity index is 1.86. The predicted octanol–water partition coefficient (Wildman–Crippen LogP) is 2.34. The number of nitrogens with one attached hydrogen (secondary N) is 1. The molecule has 21 heavy (non-hydrogen) atoms. The number of hydrogen-bond donors (Lipinski definition) is 1. The van der Waals surface area contributed by atoms with Crippen molar-refractivity contribution in [2.24, 2.45) is 5.92 Å². The van der Waals surface area contributed by atoms with Crippen molar-refractivity contribution in [2.45, 2.75) is 52.9 Å². The van der Waals surface area contributed by atoms with E-state index in [-0.39, 0.29) is 0 Å². The van der Waals surface area contributed by atoms with E-state index in [1.54, 1.807) is 0 Å². The van der Waals surface area contributed by atoms with Crippen LogP contribution in [0.15, 0.2) is 18.3 Å². The van der Waals surface area contributed by atoms with E-state index in [0.29, 0.717) is 18.1 Å². The molecule has 4 heteroatoms. The van der Waals surface area contributed by atoms with E-state index >= 15 is 0 Å². The molecule has 1 atom stereocenters. The van der Waals surface area contributed by atoms with Crippen LogP contribution in [-0.2, 0) is 17.8 Å². The highest BCUT2D eigenvalue weighted by molar-refractivity contribution is 5.07. The highest BCUT2D eigenvalue weighted by Crippen LogP contribution is 2.12. The molecule has 1 aliphatic rings. The number of morpholine rings is 1. The number of nitrogens with zero attached hydrogens (tertiary/aromatic N) is 2. The zero-order valence-electron chi connectivity index (χ0n) is 14.0. The van der Waals surface area contributed by atoms with E-state index in [4.69, 9.17) is 4.74 Å². The summed E-state index contributed by atoms with van der Waals surface area (Å²) < 4.78 is 8.28. The minimum absolute atomic E-state index is 0.303. The minimum atomic E-state index is 0.303. The molecule has 0 aromatic carbocycles. The quantitative estimate of drug-likeness (QED) is 0.837. The van der Waals surface area contributed by atoms with Crippen molar-refractivity contribution in [1.29, 1.82) is 0 Å². The van der Waals surface area contributed by atoms with E-state index in [1.165, 1.54) is 5.69 Å². The summed E-state index contributed by atoms with van der Waals surface area (Å²) in [6, 6.07) is 4.94. The lowest BCUT2D eigenvalue weighted by Crippen LogP contribution is -2.47. The number of rotatable bonds is 7. The second-order valence-corrected chi connectivity index (χ2v) is 6.76. The summed E-state index contributed by atoms with van der Waals surface area (Å²) in [6.45, 7) is 14.9. The zero-order valence-corrected chi connectivity index (χ0v) is 14.0. The van der Waals surface area contributed by atoms with Gasteiger partial charge in [-0.1, -0.05) is 13.8 Å². The molecule has 1 saturated heterocycles.